The quantitative estimate of drug-likeness (QED) is 0.131. The standard InChI is InChI=1S/C15H13N3O.C12H17N5/c1-9-17-13-7-3-6-12(14(13)18-9)10-4-2-5-11(8-10)15(16)19;1-3-5-8(4-2)6-9-7-10(13)16-12(17-15)11(9)14/h2-8H,1H3,(H2,16,19)(H,17,18);3-5,7H,1-2,6,14-15H2,(H3,13,16,17)/b;8-5+. The number of nitrogens with one attached hydrogen (secondary N) is 2. The Morgan fingerprint density at radius 3 is 2.53 bits per heavy atom. The van der Waals surface area contributed by atoms with Crippen LogP contribution in [0.15, 0.2) is 85.5 Å². The Labute approximate surface area is 209 Å². The molecule has 1 amide bonds. The lowest BCUT2D eigenvalue weighted by atomic mass is 10.0. The number of carbonyl (C=O) groups excluding carboxylic acids is 1. The predicted octanol–water partition coefficient (Wildman–Crippen LogP) is 4.01. The lowest BCUT2D eigenvalue weighted by Gasteiger charge is -2.11. The van der Waals surface area contributed by atoms with Crippen molar-refractivity contribution in [3.63, 3.8) is 0 Å². The monoisotopic (exact) mass is 482 g/mol. The lowest BCUT2D eigenvalue weighted by Crippen LogP contribution is -2.13. The smallest absolute Gasteiger partial charge is 0.248 e. The van der Waals surface area contributed by atoms with Crippen molar-refractivity contribution in [2.24, 2.45) is 11.6 Å². The second kappa shape index (κ2) is 11.5. The van der Waals surface area contributed by atoms with Crippen LogP contribution >= 0.6 is 0 Å². The summed E-state index contributed by atoms with van der Waals surface area (Å²) in [6, 6.07) is 14.9. The van der Waals surface area contributed by atoms with Gasteiger partial charge in [-0.1, -0.05) is 55.7 Å². The molecule has 36 heavy (non-hydrogen) atoms. The summed E-state index contributed by atoms with van der Waals surface area (Å²) in [6.45, 7) is 9.29. The molecule has 4 aromatic rings. The average Bonchev–Trinajstić information content (AvgIpc) is 3.26. The summed E-state index contributed by atoms with van der Waals surface area (Å²) < 4.78 is 0. The molecule has 0 unspecified atom stereocenters. The summed E-state index contributed by atoms with van der Waals surface area (Å²) in [7, 11) is 0. The fourth-order valence-electron chi connectivity index (χ4n) is 3.68. The van der Waals surface area contributed by atoms with E-state index in [1.165, 1.54) is 0 Å². The molecule has 0 fully saturated rings. The number of benzene rings is 2. The summed E-state index contributed by atoms with van der Waals surface area (Å²) in [5.74, 6) is 6.50. The molecule has 0 aliphatic heterocycles. The molecule has 0 atom stereocenters. The number of carbonyl (C=O) groups is 1. The summed E-state index contributed by atoms with van der Waals surface area (Å²) in [6.07, 6.45) is 5.90. The topological polar surface area (TPSA) is 175 Å². The minimum atomic E-state index is -0.424. The van der Waals surface area contributed by atoms with Crippen LogP contribution in [-0.2, 0) is 6.42 Å². The van der Waals surface area contributed by atoms with Crippen molar-refractivity contribution < 1.29 is 4.79 Å². The molecule has 2 aromatic carbocycles. The zero-order valence-corrected chi connectivity index (χ0v) is 20.1. The zero-order valence-electron chi connectivity index (χ0n) is 20.1. The zero-order chi connectivity index (χ0) is 26.2. The predicted molar refractivity (Wildman–Crippen MR) is 148 cm³/mol. The van der Waals surface area contributed by atoms with E-state index in [-0.39, 0.29) is 0 Å². The molecular formula is C27H30N8O. The van der Waals surface area contributed by atoms with Crippen molar-refractivity contribution in [3.05, 3.63) is 102 Å². The number of H-pyrrole nitrogens is 1. The lowest BCUT2D eigenvalue weighted by molar-refractivity contribution is 0.100. The van der Waals surface area contributed by atoms with Crippen LogP contribution in [-0.4, -0.2) is 20.9 Å². The van der Waals surface area contributed by atoms with Crippen LogP contribution in [0.2, 0.25) is 0 Å². The molecule has 0 radical (unpaired) electrons. The minimum Gasteiger partial charge on any atom is -0.395 e. The molecule has 0 aliphatic rings. The van der Waals surface area contributed by atoms with Gasteiger partial charge in [0.2, 0.25) is 5.91 Å². The first-order valence-electron chi connectivity index (χ1n) is 11.1. The fraction of sp³-hybridized carbons (Fsp3) is 0.0741. The number of aromatic nitrogens is 3. The van der Waals surface area contributed by atoms with Gasteiger partial charge in [0.25, 0.3) is 0 Å². The van der Waals surface area contributed by atoms with Gasteiger partial charge < -0.3 is 27.6 Å². The highest BCUT2D eigenvalue weighted by atomic mass is 16.1. The van der Waals surface area contributed by atoms with Crippen molar-refractivity contribution in [2.45, 2.75) is 13.3 Å². The van der Waals surface area contributed by atoms with E-state index in [1.54, 1.807) is 30.4 Å². The SMILES string of the molecule is C=C/C=C(\C=C)Cc1cc(N)nc(NN)c1N.Cc1nc2c(-c3cccc(C(N)=O)c3)cccc2[nH]1. The summed E-state index contributed by atoms with van der Waals surface area (Å²) >= 11 is 0. The summed E-state index contributed by atoms with van der Waals surface area (Å²) in [5.41, 5.74) is 26.0. The third-order valence-corrected chi connectivity index (χ3v) is 5.38. The van der Waals surface area contributed by atoms with Gasteiger partial charge >= 0.3 is 0 Å². The number of allylic oxidation sites excluding steroid dienone is 4. The van der Waals surface area contributed by atoms with Crippen molar-refractivity contribution in [1.82, 2.24) is 15.0 Å². The Morgan fingerprint density at radius 2 is 1.86 bits per heavy atom. The highest BCUT2D eigenvalue weighted by Crippen LogP contribution is 2.28. The normalized spacial score (nSPS) is 10.9. The maximum Gasteiger partial charge on any atom is 0.248 e. The molecule has 9 heteroatoms. The number of nitrogens with two attached hydrogens (primary N) is 4. The van der Waals surface area contributed by atoms with Crippen LogP contribution in [0.25, 0.3) is 22.2 Å². The number of rotatable bonds is 7. The number of anilines is 3. The molecule has 0 bridgehead atoms. The van der Waals surface area contributed by atoms with Gasteiger partial charge in [0.15, 0.2) is 5.82 Å². The first-order chi connectivity index (χ1) is 17.3. The Balaban J connectivity index is 0.000000202. The molecular weight excluding hydrogens is 452 g/mol. The van der Waals surface area contributed by atoms with Crippen LogP contribution in [0.4, 0.5) is 17.3 Å². The molecule has 0 saturated heterocycles. The number of imidazole rings is 1. The third-order valence-electron chi connectivity index (χ3n) is 5.38. The van der Waals surface area contributed by atoms with Gasteiger partial charge in [-0.05, 0) is 54.3 Å². The third kappa shape index (κ3) is 5.96. The second-order valence-electron chi connectivity index (χ2n) is 7.94. The number of hydrazine groups is 1. The Kier molecular flexibility index (Phi) is 8.22. The maximum absolute atomic E-state index is 11.3. The average molecular weight is 483 g/mol. The van der Waals surface area contributed by atoms with E-state index in [0.717, 1.165) is 39.1 Å². The van der Waals surface area contributed by atoms with Gasteiger partial charge in [0.1, 0.15) is 11.6 Å². The molecule has 10 N–H and O–H groups in total. The molecule has 0 aliphatic carbocycles. The van der Waals surface area contributed by atoms with Crippen LogP contribution in [0.5, 0.6) is 0 Å². The van der Waals surface area contributed by atoms with Crippen molar-refractivity contribution >= 4 is 34.3 Å². The van der Waals surface area contributed by atoms with E-state index in [0.29, 0.717) is 29.3 Å². The van der Waals surface area contributed by atoms with E-state index in [1.807, 2.05) is 43.3 Å². The Morgan fingerprint density at radius 1 is 1.11 bits per heavy atom. The number of nitrogen functional groups attached to an aromatic ring is 3. The molecule has 4 rings (SSSR count). The highest BCUT2D eigenvalue weighted by Gasteiger charge is 2.10. The van der Waals surface area contributed by atoms with Crippen LogP contribution in [0.1, 0.15) is 21.7 Å². The molecule has 9 nitrogen and oxygen atoms in total. The number of primary amides is 1. The van der Waals surface area contributed by atoms with E-state index in [4.69, 9.17) is 23.0 Å². The molecule has 0 saturated carbocycles. The van der Waals surface area contributed by atoms with Gasteiger partial charge in [-0.15, -0.1) is 0 Å². The van der Waals surface area contributed by atoms with Gasteiger partial charge in [-0.25, -0.2) is 15.8 Å². The van der Waals surface area contributed by atoms with Crippen LogP contribution in [0.3, 0.4) is 0 Å². The van der Waals surface area contributed by atoms with Crippen LogP contribution in [0, 0.1) is 6.92 Å². The minimum absolute atomic E-state index is 0.365. The summed E-state index contributed by atoms with van der Waals surface area (Å²) in [4.78, 5) is 22.9. The first kappa shape index (κ1) is 25.7. The Hall–Kier alpha value is -4.89. The fourth-order valence-corrected chi connectivity index (χ4v) is 3.68. The van der Waals surface area contributed by atoms with Gasteiger partial charge in [-0.2, -0.15) is 0 Å². The van der Waals surface area contributed by atoms with E-state index < -0.39 is 5.91 Å². The number of hydrogen-bond acceptors (Lipinski definition) is 7. The molecule has 184 valence electrons. The number of hydrogen-bond donors (Lipinski definition) is 6. The molecule has 0 spiro atoms. The van der Waals surface area contributed by atoms with E-state index >= 15 is 0 Å². The number of amides is 1. The molecule has 2 aromatic heterocycles. The highest BCUT2D eigenvalue weighted by molar-refractivity contribution is 5.97. The Bertz CT molecular complexity index is 1450. The van der Waals surface area contributed by atoms with Crippen LogP contribution < -0.4 is 28.5 Å². The second-order valence-corrected chi connectivity index (χ2v) is 7.94. The number of nitrogens with zero attached hydrogens (tertiary/aromatic N) is 2. The van der Waals surface area contributed by atoms with Crippen molar-refractivity contribution in [3.8, 4) is 11.1 Å². The number of pyridine rings is 1. The maximum atomic E-state index is 11.3. The van der Waals surface area contributed by atoms with Crippen molar-refractivity contribution in [1.29, 1.82) is 0 Å². The van der Waals surface area contributed by atoms with Gasteiger partial charge in [-0.3, -0.25) is 4.79 Å². The first-order valence-corrected chi connectivity index (χ1v) is 11.1. The van der Waals surface area contributed by atoms with Gasteiger partial charge in [0, 0.05) is 11.1 Å². The number of fused-ring (bicyclic) bond motifs is 1. The van der Waals surface area contributed by atoms with Crippen molar-refractivity contribution in [2.75, 3.05) is 16.9 Å². The largest absolute Gasteiger partial charge is 0.395 e. The molecule has 2 heterocycles. The number of aryl methyl sites for hydroxylation is 1. The van der Waals surface area contributed by atoms with Gasteiger partial charge in [0.05, 0.1) is 16.7 Å². The number of para-hydroxylation sites is 1. The van der Waals surface area contributed by atoms with E-state index in [2.05, 4.69) is 33.5 Å². The number of aromatic amines is 1. The summed E-state index contributed by atoms with van der Waals surface area (Å²) in [5, 5.41) is 0. The van der Waals surface area contributed by atoms with E-state index in [9.17, 15) is 4.79 Å².